The van der Waals surface area contributed by atoms with Crippen molar-refractivity contribution in [2.24, 2.45) is 17.1 Å². The molecule has 4 heteroatoms. The van der Waals surface area contributed by atoms with Crippen LogP contribution in [-0.4, -0.2) is 17.6 Å². The van der Waals surface area contributed by atoms with Crippen LogP contribution >= 0.6 is 11.3 Å². The molecule has 1 aliphatic heterocycles. The summed E-state index contributed by atoms with van der Waals surface area (Å²) in [5, 5.41) is 1.21. The van der Waals surface area contributed by atoms with E-state index in [0.29, 0.717) is 11.5 Å². The fourth-order valence-electron chi connectivity index (χ4n) is 3.79. The van der Waals surface area contributed by atoms with Crippen molar-refractivity contribution in [3.05, 3.63) is 10.6 Å². The van der Waals surface area contributed by atoms with Crippen LogP contribution in [0.1, 0.15) is 63.6 Å². The maximum atomic E-state index is 6.37. The molecule has 1 aliphatic carbocycles. The van der Waals surface area contributed by atoms with Crippen LogP contribution < -0.4 is 10.6 Å². The highest BCUT2D eigenvalue weighted by atomic mass is 32.1. The Hall–Kier alpha value is -0.610. The number of fused-ring (bicyclic) bond motifs is 1. The molecule has 2 heterocycles. The zero-order chi connectivity index (χ0) is 14.5. The van der Waals surface area contributed by atoms with Gasteiger partial charge in [-0.3, -0.25) is 0 Å². The molecule has 2 aliphatic rings. The SMILES string of the molecule is CC1CCN(c2nc3c(s2)C(N)CC(C)(C)C3)C(C)C1. The van der Waals surface area contributed by atoms with Crippen molar-refractivity contribution in [3.8, 4) is 0 Å². The molecule has 2 N–H and O–H groups in total. The number of nitrogens with two attached hydrogens (primary N) is 1. The fraction of sp³-hybridized carbons (Fsp3) is 0.812. The summed E-state index contributed by atoms with van der Waals surface area (Å²) in [4.78, 5) is 8.80. The Morgan fingerprint density at radius 1 is 1.35 bits per heavy atom. The molecule has 1 fully saturated rings. The van der Waals surface area contributed by atoms with Crippen LogP contribution in [0.2, 0.25) is 0 Å². The third-order valence-corrected chi connectivity index (χ3v) is 6.12. The summed E-state index contributed by atoms with van der Waals surface area (Å²) in [7, 11) is 0. The van der Waals surface area contributed by atoms with E-state index in [-0.39, 0.29) is 6.04 Å². The minimum atomic E-state index is 0.180. The zero-order valence-electron chi connectivity index (χ0n) is 13.1. The Balaban J connectivity index is 1.87. The normalized spacial score (nSPS) is 33.0. The van der Waals surface area contributed by atoms with Crippen molar-refractivity contribution in [3.63, 3.8) is 0 Å². The van der Waals surface area contributed by atoms with Gasteiger partial charge in [0.25, 0.3) is 0 Å². The molecule has 1 saturated heterocycles. The Morgan fingerprint density at radius 3 is 2.80 bits per heavy atom. The van der Waals surface area contributed by atoms with Gasteiger partial charge in [-0.15, -0.1) is 0 Å². The minimum Gasteiger partial charge on any atom is -0.345 e. The van der Waals surface area contributed by atoms with Crippen molar-refractivity contribution in [2.45, 2.75) is 65.5 Å². The summed E-state index contributed by atoms with van der Waals surface area (Å²) >= 11 is 1.85. The average Bonchev–Trinajstić information content (AvgIpc) is 2.70. The number of nitrogens with zero attached hydrogens (tertiary/aromatic N) is 2. The first-order valence-corrected chi connectivity index (χ1v) is 8.69. The van der Waals surface area contributed by atoms with E-state index < -0.39 is 0 Å². The maximum Gasteiger partial charge on any atom is 0.186 e. The zero-order valence-corrected chi connectivity index (χ0v) is 14.0. The first-order chi connectivity index (χ1) is 9.35. The van der Waals surface area contributed by atoms with Gasteiger partial charge in [-0.2, -0.15) is 0 Å². The molecule has 1 aromatic heterocycles. The third-order valence-electron chi connectivity index (χ3n) is 4.86. The predicted octanol–water partition coefficient (Wildman–Crippen LogP) is 3.74. The summed E-state index contributed by atoms with van der Waals surface area (Å²) in [6.45, 7) is 10.5. The summed E-state index contributed by atoms with van der Waals surface area (Å²) < 4.78 is 0. The van der Waals surface area contributed by atoms with Crippen molar-refractivity contribution in [1.82, 2.24) is 4.98 Å². The number of hydrogen-bond donors (Lipinski definition) is 1. The van der Waals surface area contributed by atoms with Crippen LogP contribution in [0.3, 0.4) is 0 Å². The fourth-order valence-corrected chi connectivity index (χ4v) is 5.01. The molecule has 3 unspecified atom stereocenters. The van der Waals surface area contributed by atoms with Crippen LogP contribution in [0, 0.1) is 11.3 Å². The monoisotopic (exact) mass is 293 g/mol. The predicted molar refractivity (Wildman–Crippen MR) is 86.4 cm³/mol. The second-order valence-electron chi connectivity index (χ2n) is 7.63. The van der Waals surface area contributed by atoms with Gasteiger partial charge in [0.2, 0.25) is 0 Å². The topological polar surface area (TPSA) is 42.2 Å². The Labute approximate surface area is 126 Å². The molecule has 0 radical (unpaired) electrons. The Morgan fingerprint density at radius 2 is 2.10 bits per heavy atom. The molecule has 3 rings (SSSR count). The molecule has 3 atom stereocenters. The molecule has 0 saturated carbocycles. The molecule has 1 aromatic rings. The lowest BCUT2D eigenvalue weighted by molar-refractivity contribution is 0.282. The molecule has 20 heavy (non-hydrogen) atoms. The molecule has 0 spiro atoms. The number of thiazole rings is 1. The lowest BCUT2D eigenvalue weighted by Gasteiger charge is -2.36. The lowest BCUT2D eigenvalue weighted by Crippen LogP contribution is -2.40. The van der Waals surface area contributed by atoms with E-state index in [1.54, 1.807) is 0 Å². The van der Waals surface area contributed by atoms with E-state index in [0.717, 1.165) is 25.3 Å². The quantitative estimate of drug-likeness (QED) is 0.857. The minimum absolute atomic E-state index is 0.180. The van der Waals surface area contributed by atoms with E-state index in [4.69, 9.17) is 10.7 Å². The highest BCUT2D eigenvalue weighted by molar-refractivity contribution is 7.15. The summed E-state index contributed by atoms with van der Waals surface area (Å²) in [5.74, 6) is 0.844. The van der Waals surface area contributed by atoms with Gasteiger partial charge >= 0.3 is 0 Å². The number of aromatic nitrogens is 1. The molecule has 0 aromatic carbocycles. The van der Waals surface area contributed by atoms with Crippen molar-refractivity contribution >= 4 is 16.5 Å². The van der Waals surface area contributed by atoms with E-state index in [1.165, 1.54) is 28.5 Å². The highest BCUT2D eigenvalue weighted by Crippen LogP contribution is 2.44. The Kier molecular flexibility index (Phi) is 3.57. The molecular weight excluding hydrogens is 266 g/mol. The second-order valence-corrected chi connectivity index (χ2v) is 8.64. The van der Waals surface area contributed by atoms with Crippen molar-refractivity contribution in [2.75, 3.05) is 11.4 Å². The van der Waals surface area contributed by atoms with Gasteiger partial charge in [0.15, 0.2) is 5.13 Å². The summed E-state index contributed by atoms with van der Waals surface area (Å²) in [5.41, 5.74) is 7.93. The van der Waals surface area contributed by atoms with Crippen LogP contribution in [0.15, 0.2) is 0 Å². The van der Waals surface area contributed by atoms with Gasteiger partial charge < -0.3 is 10.6 Å². The van der Waals surface area contributed by atoms with Gasteiger partial charge in [0.1, 0.15) is 0 Å². The number of hydrogen-bond acceptors (Lipinski definition) is 4. The highest BCUT2D eigenvalue weighted by Gasteiger charge is 2.35. The van der Waals surface area contributed by atoms with Crippen molar-refractivity contribution in [1.29, 1.82) is 0 Å². The van der Waals surface area contributed by atoms with E-state index in [2.05, 4.69) is 32.6 Å². The van der Waals surface area contributed by atoms with Crippen LogP contribution in [0.4, 0.5) is 5.13 Å². The van der Waals surface area contributed by atoms with Gasteiger partial charge in [-0.05, 0) is 43.9 Å². The third kappa shape index (κ3) is 2.60. The molecular formula is C16H27N3S. The van der Waals surface area contributed by atoms with Gasteiger partial charge in [-0.25, -0.2) is 4.98 Å². The number of piperidine rings is 1. The second kappa shape index (κ2) is 4.99. The number of rotatable bonds is 1. The van der Waals surface area contributed by atoms with E-state index in [9.17, 15) is 0 Å². The van der Waals surface area contributed by atoms with Crippen LogP contribution in [0.5, 0.6) is 0 Å². The smallest absolute Gasteiger partial charge is 0.186 e. The molecule has 0 bridgehead atoms. The maximum absolute atomic E-state index is 6.37. The summed E-state index contributed by atoms with van der Waals surface area (Å²) in [6, 6.07) is 0.787. The van der Waals surface area contributed by atoms with Gasteiger partial charge in [-0.1, -0.05) is 32.1 Å². The van der Waals surface area contributed by atoms with Gasteiger partial charge in [0, 0.05) is 23.5 Å². The first-order valence-electron chi connectivity index (χ1n) is 7.87. The van der Waals surface area contributed by atoms with Crippen LogP contribution in [-0.2, 0) is 6.42 Å². The summed E-state index contributed by atoms with van der Waals surface area (Å²) in [6.07, 6.45) is 4.72. The molecule has 112 valence electrons. The first kappa shape index (κ1) is 14.3. The van der Waals surface area contributed by atoms with Crippen molar-refractivity contribution < 1.29 is 0 Å². The Bertz CT molecular complexity index is 494. The lowest BCUT2D eigenvalue weighted by atomic mass is 9.77. The average molecular weight is 293 g/mol. The van der Waals surface area contributed by atoms with E-state index in [1.807, 2.05) is 11.3 Å². The number of anilines is 1. The standard InChI is InChI=1S/C16H27N3S/c1-10-5-6-19(11(2)7-10)15-18-13-9-16(3,4)8-12(17)14(13)20-15/h10-12H,5-9,17H2,1-4H3. The van der Waals surface area contributed by atoms with Crippen LogP contribution in [0.25, 0.3) is 0 Å². The van der Waals surface area contributed by atoms with Gasteiger partial charge in [0.05, 0.1) is 5.69 Å². The van der Waals surface area contributed by atoms with E-state index >= 15 is 0 Å². The molecule has 3 nitrogen and oxygen atoms in total. The molecule has 0 amide bonds. The largest absolute Gasteiger partial charge is 0.345 e.